The van der Waals surface area contributed by atoms with Crippen molar-refractivity contribution in [1.82, 2.24) is 4.57 Å². The third-order valence-electron chi connectivity index (χ3n) is 5.06. The molecule has 0 aliphatic carbocycles. The average molecular weight is 401 g/mol. The lowest BCUT2D eigenvalue weighted by Crippen LogP contribution is -2.31. The van der Waals surface area contributed by atoms with Crippen LogP contribution in [0, 0.1) is 0 Å². The highest BCUT2D eigenvalue weighted by Crippen LogP contribution is 2.39. The first-order valence-corrected chi connectivity index (χ1v) is 9.76. The standard InChI is InChI=1S/C25H23NO4/c1-25(2)15-21(20-14-18(24(28)29-3)11-12-22(20)30-25)19-10-7-13-26(23(19)27)16-17-8-5-4-6-9-17/h4-15H,16H2,1-3H3. The van der Waals surface area contributed by atoms with E-state index in [4.69, 9.17) is 9.47 Å². The minimum absolute atomic E-state index is 0.0975. The summed E-state index contributed by atoms with van der Waals surface area (Å²) in [6.45, 7) is 4.36. The van der Waals surface area contributed by atoms with Gasteiger partial charge in [-0.15, -0.1) is 0 Å². The zero-order valence-electron chi connectivity index (χ0n) is 17.2. The van der Waals surface area contributed by atoms with Gasteiger partial charge < -0.3 is 14.0 Å². The van der Waals surface area contributed by atoms with Crippen LogP contribution in [0.5, 0.6) is 5.75 Å². The molecule has 152 valence electrons. The van der Waals surface area contributed by atoms with Crippen LogP contribution < -0.4 is 10.3 Å². The Morgan fingerprint density at radius 1 is 1.03 bits per heavy atom. The van der Waals surface area contributed by atoms with Gasteiger partial charge in [0.2, 0.25) is 0 Å². The first kappa shape index (κ1) is 19.7. The molecule has 0 bridgehead atoms. The fraction of sp³-hybridized carbons (Fsp3) is 0.200. The third kappa shape index (κ3) is 3.79. The van der Waals surface area contributed by atoms with Gasteiger partial charge in [0.25, 0.3) is 5.56 Å². The Morgan fingerprint density at radius 3 is 2.53 bits per heavy atom. The fourth-order valence-electron chi connectivity index (χ4n) is 3.68. The minimum Gasteiger partial charge on any atom is -0.483 e. The monoisotopic (exact) mass is 401 g/mol. The summed E-state index contributed by atoms with van der Waals surface area (Å²) in [5.41, 5.74) is 2.78. The van der Waals surface area contributed by atoms with Crippen LogP contribution in [0.3, 0.4) is 0 Å². The molecule has 0 saturated heterocycles. The van der Waals surface area contributed by atoms with E-state index in [0.29, 0.717) is 29.0 Å². The molecule has 2 aromatic carbocycles. The van der Waals surface area contributed by atoms with Gasteiger partial charge in [-0.05, 0) is 61.4 Å². The van der Waals surface area contributed by atoms with Crippen LogP contribution in [-0.4, -0.2) is 23.2 Å². The van der Waals surface area contributed by atoms with E-state index < -0.39 is 11.6 Å². The van der Waals surface area contributed by atoms with E-state index in [1.807, 2.05) is 62.4 Å². The van der Waals surface area contributed by atoms with Crippen molar-refractivity contribution in [3.8, 4) is 5.75 Å². The highest BCUT2D eigenvalue weighted by molar-refractivity contribution is 5.93. The maximum absolute atomic E-state index is 13.4. The van der Waals surface area contributed by atoms with Crippen LogP contribution >= 0.6 is 0 Å². The molecule has 3 aromatic rings. The molecule has 1 aliphatic heterocycles. The van der Waals surface area contributed by atoms with Gasteiger partial charge in [-0.25, -0.2) is 4.79 Å². The average Bonchev–Trinajstić information content (AvgIpc) is 2.74. The number of aromatic nitrogens is 1. The topological polar surface area (TPSA) is 57.5 Å². The van der Waals surface area contributed by atoms with Crippen LogP contribution in [-0.2, 0) is 11.3 Å². The summed E-state index contributed by atoms with van der Waals surface area (Å²) in [5, 5.41) is 0. The highest BCUT2D eigenvalue weighted by Gasteiger charge is 2.29. The van der Waals surface area contributed by atoms with Crippen LogP contribution in [0.2, 0.25) is 0 Å². The molecule has 0 N–H and O–H groups in total. The van der Waals surface area contributed by atoms with Crippen molar-refractivity contribution in [3.63, 3.8) is 0 Å². The molecule has 4 rings (SSSR count). The van der Waals surface area contributed by atoms with Gasteiger partial charge >= 0.3 is 5.97 Å². The van der Waals surface area contributed by atoms with Crippen molar-refractivity contribution >= 4 is 11.5 Å². The summed E-state index contributed by atoms with van der Waals surface area (Å²) in [6, 6.07) is 18.7. The smallest absolute Gasteiger partial charge is 0.337 e. The van der Waals surface area contributed by atoms with E-state index >= 15 is 0 Å². The fourth-order valence-corrected chi connectivity index (χ4v) is 3.68. The molecule has 0 atom stereocenters. The first-order chi connectivity index (χ1) is 14.4. The zero-order valence-corrected chi connectivity index (χ0v) is 17.2. The number of methoxy groups -OCH3 is 1. The second-order valence-electron chi connectivity index (χ2n) is 7.81. The summed E-state index contributed by atoms with van der Waals surface area (Å²) in [5.74, 6) is 0.194. The number of benzene rings is 2. The quantitative estimate of drug-likeness (QED) is 0.612. The Labute approximate surface area is 175 Å². The van der Waals surface area contributed by atoms with Gasteiger partial charge in [0.15, 0.2) is 0 Å². The number of esters is 1. The van der Waals surface area contributed by atoms with Crippen molar-refractivity contribution in [2.24, 2.45) is 0 Å². The molecule has 1 aliphatic rings. The van der Waals surface area contributed by atoms with Gasteiger partial charge in [0.1, 0.15) is 11.4 Å². The van der Waals surface area contributed by atoms with Crippen molar-refractivity contribution in [2.75, 3.05) is 7.11 Å². The summed E-state index contributed by atoms with van der Waals surface area (Å²) >= 11 is 0. The number of rotatable bonds is 4. The molecule has 5 nitrogen and oxygen atoms in total. The minimum atomic E-state index is -0.596. The van der Waals surface area contributed by atoms with E-state index in [1.165, 1.54) is 7.11 Å². The Hall–Kier alpha value is -3.60. The number of ether oxygens (including phenoxy) is 2. The first-order valence-electron chi connectivity index (χ1n) is 9.76. The second-order valence-corrected chi connectivity index (χ2v) is 7.81. The van der Waals surface area contributed by atoms with Crippen molar-refractivity contribution < 1.29 is 14.3 Å². The van der Waals surface area contributed by atoms with Gasteiger partial charge in [-0.2, -0.15) is 0 Å². The molecule has 1 aromatic heterocycles. The number of hydrogen-bond acceptors (Lipinski definition) is 4. The molecule has 0 radical (unpaired) electrons. The summed E-state index contributed by atoms with van der Waals surface area (Å²) in [4.78, 5) is 25.4. The van der Waals surface area contributed by atoms with E-state index in [9.17, 15) is 9.59 Å². The highest BCUT2D eigenvalue weighted by atomic mass is 16.5. The Morgan fingerprint density at radius 2 is 1.80 bits per heavy atom. The number of carbonyl (C=O) groups is 1. The van der Waals surface area contributed by atoms with Gasteiger partial charge in [-0.3, -0.25) is 4.79 Å². The van der Waals surface area contributed by atoms with E-state index in [0.717, 1.165) is 11.1 Å². The molecular weight excluding hydrogens is 378 g/mol. The number of hydrogen-bond donors (Lipinski definition) is 0. The van der Waals surface area contributed by atoms with E-state index in [2.05, 4.69) is 0 Å². The summed E-state index contributed by atoms with van der Waals surface area (Å²) < 4.78 is 12.6. The molecule has 2 heterocycles. The predicted molar refractivity (Wildman–Crippen MR) is 116 cm³/mol. The maximum atomic E-state index is 13.4. The Balaban J connectivity index is 1.84. The maximum Gasteiger partial charge on any atom is 0.337 e. The van der Waals surface area contributed by atoms with Crippen molar-refractivity contribution in [2.45, 2.75) is 26.0 Å². The summed E-state index contributed by atoms with van der Waals surface area (Å²) in [7, 11) is 1.34. The summed E-state index contributed by atoms with van der Waals surface area (Å²) in [6.07, 6.45) is 3.72. The molecular formula is C25H23NO4. The predicted octanol–water partition coefficient (Wildman–Crippen LogP) is 4.29. The third-order valence-corrected chi connectivity index (χ3v) is 5.06. The van der Waals surface area contributed by atoms with E-state index in [-0.39, 0.29) is 5.56 Å². The van der Waals surface area contributed by atoms with Crippen LogP contribution in [0.15, 0.2) is 77.7 Å². The molecule has 0 amide bonds. The normalized spacial score (nSPS) is 14.3. The SMILES string of the molecule is COC(=O)c1ccc2c(c1)C(c1cccn(Cc3ccccc3)c1=O)=CC(C)(C)O2. The molecule has 5 heteroatoms. The molecule has 0 saturated carbocycles. The number of nitrogens with zero attached hydrogens (tertiary/aromatic N) is 1. The van der Waals surface area contributed by atoms with E-state index in [1.54, 1.807) is 29.0 Å². The number of pyridine rings is 1. The van der Waals surface area contributed by atoms with Crippen LogP contribution in [0.4, 0.5) is 0 Å². The largest absolute Gasteiger partial charge is 0.483 e. The molecule has 0 unspecified atom stereocenters. The van der Waals surface area contributed by atoms with Crippen molar-refractivity contribution in [3.05, 3.63) is 106 Å². The van der Waals surface area contributed by atoms with Gasteiger partial charge in [-0.1, -0.05) is 30.3 Å². The lowest BCUT2D eigenvalue weighted by molar-refractivity contribution is 0.0600. The lowest BCUT2D eigenvalue weighted by atomic mass is 9.89. The second kappa shape index (κ2) is 7.67. The molecule has 30 heavy (non-hydrogen) atoms. The van der Waals surface area contributed by atoms with Gasteiger partial charge in [0, 0.05) is 17.3 Å². The lowest BCUT2D eigenvalue weighted by Gasteiger charge is -2.31. The van der Waals surface area contributed by atoms with Gasteiger partial charge in [0.05, 0.1) is 19.2 Å². The number of fused-ring (bicyclic) bond motifs is 1. The Bertz CT molecular complexity index is 1190. The molecule has 0 spiro atoms. The van der Waals surface area contributed by atoms with Crippen LogP contribution in [0.25, 0.3) is 5.57 Å². The molecule has 0 fully saturated rings. The van der Waals surface area contributed by atoms with Crippen molar-refractivity contribution in [1.29, 1.82) is 0 Å². The Kier molecular flexibility index (Phi) is 5.04. The van der Waals surface area contributed by atoms with Crippen LogP contribution in [0.1, 0.15) is 40.9 Å². The zero-order chi connectivity index (χ0) is 21.3. The number of carbonyl (C=O) groups excluding carboxylic acids is 1.